The van der Waals surface area contributed by atoms with Gasteiger partial charge in [0.15, 0.2) is 0 Å². The van der Waals surface area contributed by atoms with Crippen molar-refractivity contribution in [1.82, 2.24) is 9.88 Å². The van der Waals surface area contributed by atoms with Gasteiger partial charge in [-0.15, -0.1) is 0 Å². The minimum Gasteiger partial charge on any atom is -0.395 e. The summed E-state index contributed by atoms with van der Waals surface area (Å²) >= 11 is 0. The van der Waals surface area contributed by atoms with E-state index in [1.54, 1.807) is 0 Å². The number of pyridine rings is 1. The lowest BCUT2D eigenvalue weighted by molar-refractivity contribution is 0.0722. The second-order valence-corrected chi connectivity index (χ2v) is 4.10. The fourth-order valence-corrected chi connectivity index (χ4v) is 1.79. The fraction of sp³-hybridized carbons (Fsp3) is 0.538. The first kappa shape index (κ1) is 15.4. The van der Waals surface area contributed by atoms with Crippen LogP contribution in [0.2, 0.25) is 0 Å². The van der Waals surface area contributed by atoms with Crippen LogP contribution in [0.4, 0.5) is 10.2 Å². The van der Waals surface area contributed by atoms with E-state index in [2.05, 4.69) is 10.3 Å². The summed E-state index contributed by atoms with van der Waals surface area (Å²) < 4.78 is 13.3. The maximum absolute atomic E-state index is 13.3. The zero-order valence-corrected chi connectivity index (χ0v) is 11.3. The molecule has 106 valence electrons. The number of aliphatic hydroxyl groups excluding tert-OH is 1. The van der Waals surface area contributed by atoms with Crippen molar-refractivity contribution in [2.45, 2.75) is 20.3 Å². The van der Waals surface area contributed by atoms with E-state index >= 15 is 0 Å². The number of amides is 1. The maximum atomic E-state index is 13.3. The first-order valence-electron chi connectivity index (χ1n) is 6.43. The molecule has 0 saturated carbocycles. The molecule has 1 amide bonds. The smallest absolute Gasteiger partial charge is 0.257 e. The Morgan fingerprint density at radius 3 is 2.79 bits per heavy atom. The van der Waals surface area contributed by atoms with Crippen LogP contribution in [0.15, 0.2) is 12.3 Å². The quantitative estimate of drug-likeness (QED) is 0.787. The number of nitrogens with zero attached hydrogens (tertiary/aromatic N) is 2. The van der Waals surface area contributed by atoms with E-state index < -0.39 is 5.82 Å². The van der Waals surface area contributed by atoms with Crippen LogP contribution >= 0.6 is 0 Å². The summed E-state index contributed by atoms with van der Waals surface area (Å²) in [5, 5.41) is 11.9. The number of aromatic nitrogens is 1. The Kier molecular flexibility index (Phi) is 6.21. The molecule has 1 rings (SSSR count). The van der Waals surface area contributed by atoms with E-state index in [-0.39, 0.29) is 24.6 Å². The standard InChI is InChI=1S/C13H20FN3O2/c1-3-5-17(6-7-18)13(19)11-8-10(14)9-16-12(11)15-4-2/h8-9,18H,3-7H2,1-2H3,(H,15,16). The SMILES string of the molecule is CCCN(CCO)C(=O)c1cc(F)cnc1NCC. The second kappa shape index (κ2) is 7.68. The summed E-state index contributed by atoms with van der Waals surface area (Å²) in [5.74, 6) is -0.503. The summed E-state index contributed by atoms with van der Waals surface area (Å²) in [7, 11) is 0. The Morgan fingerprint density at radius 1 is 1.47 bits per heavy atom. The van der Waals surface area contributed by atoms with Crippen molar-refractivity contribution in [3.63, 3.8) is 0 Å². The van der Waals surface area contributed by atoms with Gasteiger partial charge in [-0.1, -0.05) is 6.92 Å². The summed E-state index contributed by atoms with van der Waals surface area (Å²) in [6.45, 7) is 5.03. The number of aliphatic hydroxyl groups is 1. The molecule has 0 aliphatic carbocycles. The highest BCUT2D eigenvalue weighted by Gasteiger charge is 2.19. The molecule has 0 atom stereocenters. The molecule has 6 heteroatoms. The second-order valence-electron chi connectivity index (χ2n) is 4.10. The Hall–Kier alpha value is -1.69. The number of rotatable bonds is 7. The Balaban J connectivity index is 3.03. The number of hydrogen-bond donors (Lipinski definition) is 2. The zero-order chi connectivity index (χ0) is 14.3. The summed E-state index contributed by atoms with van der Waals surface area (Å²) in [4.78, 5) is 17.7. The highest BCUT2D eigenvalue weighted by molar-refractivity contribution is 5.98. The van der Waals surface area contributed by atoms with Crippen LogP contribution < -0.4 is 5.32 Å². The molecule has 0 unspecified atom stereocenters. The lowest BCUT2D eigenvalue weighted by Gasteiger charge is -2.22. The van der Waals surface area contributed by atoms with Crippen molar-refractivity contribution in [2.24, 2.45) is 0 Å². The monoisotopic (exact) mass is 269 g/mol. The van der Waals surface area contributed by atoms with Gasteiger partial charge in [0.2, 0.25) is 0 Å². The number of nitrogens with one attached hydrogen (secondary N) is 1. The number of carbonyl (C=O) groups is 1. The van der Waals surface area contributed by atoms with Crippen LogP contribution in [-0.4, -0.2) is 47.1 Å². The number of hydrogen-bond acceptors (Lipinski definition) is 4. The maximum Gasteiger partial charge on any atom is 0.257 e. The van der Waals surface area contributed by atoms with Gasteiger partial charge in [-0.05, 0) is 19.4 Å². The van der Waals surface area contributed by atoms with Crippen molar-refractivity contribution in [1.29, 1.82) is 0 Å². The van der Waals surface area contributed by atoms with Gasteiger partial charge < -0.3 is 15.3 Å². The molecule has 0 fully saturated rings. The summed E-state index contributed by atoms with van der Waals surface area (Å²) in [6, 6.07) is 1.17. The predicted molar refractivity (Wildman–Crippen MR) is 71.6 cm³/mol. The van der Waals surface area contributed by atoms with E-state index in [1.165, 1.54) is 11.0 Å². The molecule has 2 N–H and O–H groups in total. The molecule has 1 aromatic rings. The zero-order valence-electron chi connectivity index (χ0n) is 11.3. The van der Waals surface area contributed by atoms with Crippen molar-refractivity contribution in [2.75, 3.05) is 31.6 Å². The predicted octanol–water partition coefficient (Wildman–Crippen LogP) is 1.50. The van der Waals surface area contributed by atoms with E-state index in [4.69, 9.17) is 5.11 Å². The lowest BCUT2D eigenvalue weighted by atomic mass is 10.2. The van der Waals surface area contributed by atoms with Crippen LogP contribution in [0.5, 0.6) is 0 Å². The average Bonchev–Trinajstić information content (AvgIpc) is 2.40. The van der Waals surface area contributed by atoms with Crippen LogP contribution in [0.3, 0.4) is 0 Å². The van der Waals surface area contributed by atoms with E-state index in [0.717, 1.165) is 12.6 Å². The van der Waals surface area contributed by atoms with E-state index in [9.17, 15) is 9.18 Å². The third-order valence-electron chi connectivity index (χ3n) is 2.58. The van der Waals surface area contributed by atoms with Crippen LogP contribution in [0.25, 0.3) is 0 Å². The molecular weight excluding hydrogens is 249 g/mol. The minimum atomic E-state index is -0.551. The first-order chi connectivity index (χ1) is 9.13. The van der Waals surface area contributed by atoms with Gasteiger partial charge >= 0.3 is 0 Å². The summed E-state index contributed by atoms with van der Waals surface area (Å²) in [5.41, 5.74) is 0.198. The Morgan fingerprint density at radius 2 is 2.21 bits per heavy atom. The highest BCUT2D eigenvalue weighted by atomic mass is 19.1. The first-order valence-corrected chi connectivity index (χ1v) is 6.43. The van der Waals surface area contributed by atoms with Gasteiger partial charge in [0, 0.05) is 19.6 Å². The average molecular weight is 269 g/mol. The molecule has 0 aliphatic heterocycles. The number of halogens is 1. The molecule has 1 heterocycles. The van der Waals surface area contributed by atoms with Gasteiger partial charge in [0.1, 0.15) is 11.6 Å². The molecule has 0 saturated heterocycles. The molecule has 0 radical (unpaired) electrons. The topological polar surface area (TPSA) is 65.5 Å². The minimum absolute atomic E-state index is 0.120. The van der Waals surface area contributed by atoms with Gasteiger partial charge in [0.25, 0.3) is 5.91 Å². The molecule has 0 bridgehead atoms. The van der Waals surface area contributed by atoms with Gasteiger partial charge in [-0.3, -0.25) is 4.79 Å². The number of anilines is 1. The third kappa shape index (κ3) is 4.17. The Labute approximate surface area is 112 Å². The molecule has 5 nitrogen and oxygen atoms in total. The van der Waals surface area contributed by atoms with Crippen molar-refractivity contribution >= 4 is 11.7 Å². The van der Waals surface area contributed by atoms with E-state index in [1.807, 2.05) is 13.8 Å². The van der Waals surface area contributed by atoms with Crippen molar-refractivity contribution in [3.8, 4) is 0 Å². The van der Waals surface area contributed by atoms with Crippen molar-refractivity contribution in [3.05, 3.63) is 23.6 Å². The molecule has 0 spiro atoms. The Bertz CT molecular complexity index is 420. The molecule has 19 heavy (non-hydrogen) atoms. The lowest BCUT2D eigenvalue weighted by Crippen LogP contribution is -2.35. The van der Waals surface area contributed by atoms with Crippen LogP contribution in [0.1, 0.15) is 30.6 Å². The third-order valence-corrected chi connectivity index (χ3v) is 2.58. The molecular formula is C13H20FN3O2. The van der Waals surface area contributed by atoms with Crippen LogP contribution in [0, 0.1) is 5.82 Å². The van der Waals surface area contributed by atoms with Gasteiger partial charge in [0.05, 0.1) is 18.4 Å². The van der Waals surface area contributed by atoms with Crippen LogP contribution in [-0.2, 0) is 0 Å². The van der Waals surface area contributed by atoms with Crippen molar-refractivity contribution < 1.29 is 14.3 Å². The fourth-order valence-electron chi connectivity index (χ4n) is 1.79. The largest absolute Gasteiger partial charge is 0.395 e. The molecule has 0 aromatic carbocycles. The van der Waals surface area contributed by atoms with Gasteiger partial charge in [-0.2, -0.15) is 0 Å². The number of carbonyl (C=O) groups excluding carboxylic acids is 1. The van der Waals surface area contributed by atoms with Gasteiger partial charge in [-0.25, -0.2) is 9.37 Å². The highest BCUT2D eigenvalue weighted by Crippen LogP contribution is 2.16. The molecule has 1 aromatic heterocycles. The normalized spacial score (nSPS) is 10.3. The molecule has 0 aliphatic rings. The summed E-state index contributed by atoms with van der Waals surface area (Å²) in [6.07, 6.45) is 1.84. The van der Waals surface area contributed by atoms with E-state index in [0.29, 0.717) is 18.9 Å².